The molecule has 0 radical (unpaired) electrons. The number of aliphatic hydroxyl groups is 2. The molecule has 1 amide bonds. The molecular formula is C38H62N2O12. The average molecular weight is 739 g/mol. The number of alkyl carbamates (subject to hydrolysis) is 1. The number of phenolic OH excluding ortho intramolecular Hbond substituents is 1. The standard InChI is InChI=1S/C38H62N2O12/c1-12-29-38(7,46)30(47-10)18-28(42)21(2)19-37(6,48-11)33(52-35-31(43)27(40(8)9)17-22(3)49-35)23(4)32(24(5)34(44)50-29)51-36(45)39-20-25-13-15-26(41)16-14-25/h13-16,21-24,27,29-33,35,41,43,46H,12,17-20H2,1-11H3,(H,39,45)/t21-,22-,23+,24-,27+,29-,30-,31-,32+,33-,35+,37-,38-/m1/s1. The first kappa shape index (κ1) is 43.6. The molecular weight excluding hydrogens is 676 g/mol. The van der Waals surface area contributed by atoms with Crippen LogP contribution in [0.3, 0.4) is 0 Å². The number of nitrogens with one attached hydrogen (secondary N) is 1. The normalized spacial score (nSPS) is 38.3. The summed E-state index contributed by atoms with van der Waals surface area (Å²) in [6.45, 7) is 12.0. The number of rotatable bonds is 9. The van der Waals surface area contributed by atoms with Crippen LogP contribution in [0.2, 0.25) is 0 Å². The molecule has 2 aliphatic rings. The predicted molar refractivity (Wildman–Crippen MR) is 191 cm³/mol. The van der Waals surface area contributed by atoms with E-state index in [2.05, 4.69) is 5.32 Å². The molecule has 0 aromatic heterocycles. The lowest BCUT2D eigenvalue weighted by Crippen LogP contribution is -2.60. The summed E-state index contributed by atoms with van der Waals surface area (Å²) in [4.78, 5) is 43.2. The number of hydrogen-bond donors (Lipinski definition) is 4. The van der Waals surface area contributed by atoms with E-state index in [-0.39, 0.29) is 49.5 Å². The SMILES string of the molecule is CC[C@H]1OC(=O)[C@H](C)[C@@H](OC(=O)NCc2ccc(O)cc2)[C@H](C)[C@@H](O[C@@H]2O[C@H](C)C[C@H](N(C)C)[C@H]2O)[C@](C)(OC)C[C@@H](C)C(=O)C[C@@H](OC)[C@]1(C)O. The van der Waals surface area contributed by atoms with Crippen LogP contribution >= 0.6 is 0 Å². The molecule has 0 saturated carbocycles. The smallest absolute Gasteiger partial charge is 0.407 e. The molecule has 0 aliphatic carbocycles. The molecule has 2 fully saturated rings. The van der Waals surface area contributed by atoms with Gasteiger partial charge in [-0.3, -0.25) is 9.59 Å². The fourth-order valence-corrected chi connectivity index (χ4v) is 7.57. The number of ketones is 1. The maximum Gasteiger partial charge on any atom is 0.407 e. The first-order chi connectivity index (χ1) is 24.3. The molecule has 1 aromatic rings. The first-order valence-electron chi connectivity index (χ1n) is 18.2. The Bertz CT molecular complexity index is 1330. The number of methoxy groups -OCH3 is 2. The van der Waals surface area contributed by atoms with E-state index < -0.39 is 77.8 Å². The van der Waals surface area contributed by atoms with Crippen molar-refractivity contribution in [3.63, 3.8) is 0 Å². The lowest BCUT2D eigenvalue weighted by Gasteiger charge is -2.48. The Hall–Kier alpha value is -2.85. The van der Waals surface area contributed by atoms with Gasteiger partial charge in [-0.2, -0.15) is 0 Å². The number of aliphatic hydroxyl groups excluding tert-OH is 1. The molecule has 14 heteroatoms. The van der Waals surface area contributed by atoms with Crippen LogP contribution in [0.25, 0.3) is 0 Å². The van der Waals surface area contributed by atoms with Gasteiger partial charge in [0.15, 0.2) is 6.29 Å². The number of amides is 1. The molecule has 3 rings (SSSR count). The number of ether oxygens (including phenoxy) is 6. The van der Waals surface area contributed by atoms with Crippen LogP contribution < -0.4 is 5.32 Å². The Kier molecular flexibility index (Phi) is 15.5. The lowest BCUT2D eigenvalue weighted by molar-refractivity contribution is -0.301. The second-order valence-corrected chi connectivity index (χ2v) is 15.2. The Balaban J connectivity index is 2.13. The zero-order valence-electron chi connectivity index (χ0n) is 32.7. The van der Waals surface area contributed by atoms with Crippen molar-refractivity contribution in [2.75, 3.05) is 28.3 Å². The number of aromatic hydroxyl groups is 1. The van der Waals surface area contributed by atoms with E-state index in [1.807, 2.05) is 25.9 Å². The van der Waals surface area contributed by atoms with E-state index in [0.29, 0.717) is 12.0 Å². The van der Waals surface area contributed by atoms with Gasteiger partial charge in [0.2, 0.25) is 0 Å². The molecule has 2 saturated heterocycles. The molecule has 0 bridgehead atoms. The maximum absolute atomic E-state index is 14.0. The molecule has 14 nitrogen and oxygen atoms in total. The van der Waals surface area contributed by atoms with Gasteiger partial charge in [0.25, 0.3) is 0 Å². The monoisotopic (exact) mass is 738 g/mol. The number of benzene rings is 1. The van der Waals surface area contributed by atoms with Crippen molar-refractivity contribution < 1.29 is 58.1 Å². The third-order valence-corrected chi connectivity index (χ3v) is 11.0. The van der Waals surface area contributed by atoms with Gasteiger partial charge in [0.05, 0.1) is 29.8 Å². The van der Waals surface area contributed by atoms with E-state index >= 15 is 0 Å². The zero-order valence-corrected chi connectivity index (χ0v) is 32.7. The van der Waals surface area contributed by atoms with Gasteiger partial charge >= 0.3 is 12.1 Å². The van der Waals surface area contributed by atoms with Crippen LogP contribution in [0, 0.1) is 17.8 Å². The molecule has 2 aliphatic heterocycles. The summed E-state index contributed by atoms with van der Waals surface area (Å²) in [6, 6.07) is 6.00. The number of phenols is 1. The summed E-state index contributed by atoms with van der Waals surface area (Å²) in [5.74, 6) is -3.44. The summed E-state index contributed by atoms with van der Waals surface area (Å²) < 4.78 is 36.7. The third-order valence-electron chi connectivity index (χ3n) is 11.0. The van der Waals surface area contributed by atoms with Gasteiger partial charge < -0.3 is 54.0 Å². The van der Waals surface area contributed by atoms with Gasteiger partial charge in [-0.25, -0.2) is 4.79 Å². The van der Waals surface area contributed by atoms with Gasteiger partial charge in [0, 0.05) is 45.1 Å². The third kappa shape index (κ3) is 10.4. The number of nitrogens with zero attached hydrogens (tertiary/aromatic N) is 1. The Morgan fingerprint density at radius 2 is 1.71 bits per heavy atom. The zero-order chi connectivity index (χ0) is 39.1. The van der Waals surface area contributed by atoms with Crippen molar-refractivity contribution in [2.24, 2.45) is 17.8 Å². The van der Waals surface area contributed by atoms with Crippen molar-refractivity contribution in [1.29, 1.82) is 0 Å². The van der Waals surface area contributed by atoms with E-state index in [1.54, 1.807) is 46.8 Å². The average Bonchev–Trinajstić information content (AvgIpc) is 3.09. The van der Waals surface area contributed by atoms with Crippen molar-refractivity contribution >= 4 is 17.8 Å². The summed E-state index contributed by atoms with van der Waals surface area (Å²) in [6.07, 6.45) is -6.88. The number of cyclic esters (lactones) is 1. The van der Waals surface area contributed by atoms with E-state index in [0.717, 1.165) is 0 Å². The van der Waals surface area contributed by atoms with E-state index in [1.165, 1.54) is 33.3 Å². The summed E-state index contributed by atoms with van der Waals surface area (Å²) >= 11 is 0. The quantitative estimate of drug-likeness (QED) is 0.270. The summed E-state index contributed by atoms with van der Waals surface area (Å²) in [7, 11) is 6.60. The van der Waals surface area contributed by atoms with Crippen molar-refractivity contribution in [3.8, 4) is 5.75 Å². The fraction of sp³-hybridized carbons (Fsp3) is 0.763. The number of esters is 1. The Morgan fingerprint density at radius 1 is 1.08 bits per heavy atom. The number of carbonyl (C=O) groups is 3. The van der Waals surface area contributed by atoms with Crippen LogP contribution in [0.4, 0.5) is 4.79 Å². The van der Waals surface area contributed by atoms with Crippen LogP contribution in [-0.4, -0.2) is 127 Å². The van der Waals surface area contributed by atoms with Crippen molar-refractivity contribution in [1.82, 2.24) is 10.2 Å². The highest BCUT2D eigenvalue weighted by Crippen LogP contribution is 2.39. The molecule has 296 valence electrons. The second kappa shape index (κ2) is 18.5. The van der Waals surface area contributed by atoms with E-state index in [4.69, 9.17) is 28.4 Å². The topological polar surface area (TPSA) is 183 Å². The minimum absolute atomic E-state index is 0.0689. The van der Waals surface area contributed by atoms with Crippen LogP contribution in [0.5, 0.6) is 5.75 Å². The van der Waals surface area contributed by atoms with Crippen LogP contribution in [-0.2, 0) is 44.6 Å². The van der Waals surface area contributed by atoms with Gasteiger partial charge in [-0.05, 0) is 78.7 Å². The Labute approximate surface area is 308 Å². The number of carbonyl (C=O) groups excluding carboxylic acids is 3. The maximum atomic E-state index is 14.0. The van der Waals surface area contributed by atoms with E-state index in [9.17, 15) is 29.7 Å². The summed E-state index contributed by atoms with van der Waals surface area (Å²) in [5.41, 5.74) is -2.31. The molecule has 13 atom stereocenters. The number of hydrogen-bond acceptors (Lipinski definition) is 13. The molecule has 0 spiro atoms. The highest BCUT2D eigenvalue weighted by molar-refractivity contribution is 5.81. The van der Waals surface area contributed by atoms with Gasteiger partial charge in [-0.1, -0.05) is 32.9 Å². The second-order valence-electron chi connectivity index (χ2n) is 15.2. The molecule has 1 aromatic carbocycles. The first-order valence-corrected chi connectivity index (χ1v) is 18.2. The minimum Gasteiger partial charge on any atom is -0.508 e. The number of likely N-dealkylation sites (N-methyl/N-ethyl adjacent to an activating group) is 1. The minimum atomic E-state index is -1.74. The van der Waals surface area contributed by atoms with Crippen LogP contribution in [0.15, 0.2) is 24.3 Å². The molecule has 4 N–H and O–H groups in total. The van der Waals surface area contributed by atoms with Crippen molar-refractivity contribution in [2.45, 2.75) is 141 Å². The highest BCUT2D eigenvalue weighted by atomic mass is 16.7. The molecule has 0 unspecified atom stereocenters. The fourth-order valence-electron chi connectivity index (χ4n) is 7.57. The molecule has 52 heavy (non-hydrogen) atoms. The highest BCUT2D eigenvalue weighted by Gasteiger charge is 2.52. The molecule has 2 heterocycles. The number of Topliss-reactive ketones (excluding diaryl/α,β-unsaturated/α-hetero) is 1. The van der Waals surface area contributed by atoms with Crippen LogP contribution in [0.1, 0.15) is 79.7 Å². The summed E-state index contributed by atoms with van der Waals surface area (Å²) in [5, 5.41) is 35.6. The van der Waals surface area contributed by atoms with Crippen molar-refractivity contribution in [3.05, 3.63) is 29.8 Å². The van der Waals surface area contributed by atoms with Gasteiger partial charge in [0.1, 0.15) is 35.4 Å². The van der Waals surface area contributed by atoms with Gasteiger partial charge in [-0.15, -0.1) is 0 Å². The Morgan fingerprint density at radius 3 is 2.27 bits per heavy atom. The lowest BCUT2D eigenvalue weighted by atomic mass is 9.76. The predicted octanol–water partition coefficient (Wildman–Crippen LogP) is 3.56. The largest absolute Gasteiger partial charge is 0.508 e.